The van der Waals surface area contributed by atoms with Gasteiger partial charge in [-0.2, -0.15) is 43.9 Å². The number of alkyl halides is 11. The first-order valence-corrected chi connectivity index (χ1v) is 6.38. The van der Waals surface area contributed by atoms with Crippen LogP contribution in [0.15, 0.2) is 11.6 Å². The molecule has 0 rings (SSSR count). The highest BCUT2D eigenvalue weighted by Crippen LogP contribution is 2.59. The molecule has 0 aromatic heterocycles. The number of aliphatic hydroxyl groups excluding tert-OH is 1. The second-order valence-corrected chi connectivity index (χ2v) is 5.22. The number of carboxylic acids is 1. The highest BCUT2D eigenvalue weighted by Gasteiger charge is 2.89. The summed E-state index contributed by atoms with van der Waals surface area (Å²) in [5.41, 5.74) is -8.16. The smallest absolute Gasteiger partial charge is 0.438 e. The van der Waals surface area contributed by atoms with Crippen LogP contribution in [-0.2, 0) is 4.79 Å². The number of carboxylic acid groups (broad SMARTS) is 1. The Balaban J connectivity index is 5.79. The third kappa shape index (κ3) is 4.38. The van der Waals surface area contributed by atoms with E-state index in [0.717, 1.165) is 6.92 Å². The molecule has 14 heteroatoms. The van der Waals surface area contributed by atoms with Gasteiger partial charge in [-0.3, -0.25) is 0 Å². The number of hydrogen-bond acceptors (Lipinski definition) is 2. The lowest BCUT2D eigenvalue weighted by Crippen LogP contribution is -2.70. The van der Waals surface area contributed by atoms with E-state index in [1.807, 2.05) is 0 Å². The zero-order valence-corrected chi connectivity index (χ0v) is 12.5. The van der Waals surface area contributed by atoms with Gasteiger partial charge in [-0.05, 0) is 13.3 Å². The zero-order valence-electron chi connectivity index (χ0n) is 12.5. The van der Waals surface area contributed by atoms with Crippen molar-refractivity contribution in [2.24, 2.45) is 0 Å². The molecule has 0 bridgehead atoms. The number of aliphatic hydroxyl groups is 1. The SMILES string of the molecule is C/C(=C\CC(O)CC(F)(F)C(F)(F)C(F)(C(F)(F)F)C(F)(F)F)C(=O)O. The molecule has 0 aliphatic heterocycles. The molecule has 0 saturated carbocycles. The summed E-state index contributed by atoms with van der Waals surface area (Å²) in [5.74, 6) is -15.2. The molecule has 0 aromatic rings. The Morgan fingerprint density at radius 2 is 1.31 bits per heavy atom. The molecule has 26 heavy (non-hydrogen) atoms. The monoisotopic (exact) mass is 412 g/mol. The van der Waals surface area contributed by atoms with Gasteiger partial charge in [-0.15, -0.1) is 0 Å². The minimum absolute atomic E-state index is 0.511. The Bertz CT molecular complexity index is 534. The van der Waals surface area contributed by atoms with Crippen molar-refractivity contribution in [2.45, 2.75) is 55.7 Å². The van der Waals surface area contributed by atoms with Crippen LogP contribution in [0.2, 0.25) is 0 Å². The lowest BCUT2D eigenvalue weighted by Gasteiger charge is -2.40. The Hall–Kier alpha value is -1.60. The first-order valence-electron chi connectivity index (χ1n) is 6.38. The number of hydrogen-bond donors (Lipinski definition) is 2. The summed E-state index contributed by atoms with van der Waals surface area (Å²) in [6.07, 6.45) is -20.9. The molecule has 0 saturated heterocycles. The summed E-state index contributed by atoms with van der Waals surface area (Å²) in [7, 11) is 0. The fourth-order valence-corrected chi connectivity index (χ4v) is 1.68. The molecule has 0 heterocycles. The van der Waals surface area contributed by atoms with E-state index in [0.29, 0.717) is 6.08 Å². The summed E-state index contributed by atoms with van der Waals surface area (Å²) in [6, 6.07) is 0. The van der Waals surface area contributed by atoms with Gasteiger partial charge in [0.25, 0.3) is 0 Å². The van der Waals surface area contributed by atoms with Gasteiger partial charge in [0.15, 0.2) is 0 Å². The Morgan fingerprint density at radius 1 is 0.923 bits per heavy atom. The topological polar surface area (TPSA) is 57.5 Å². The number of halogens is 11. The van der Waals surface area contributed by atoms with Gasteiger partial charge in [0, 0.05) is 12.0 Å². The molecule has 0 aromatic carbocycles. The van der Waals surface area contributed by atoms with E-state index in [-0.39, 0.29) is 0 Å². The molecule has 0 radical (unpaired) electrons. The van der Waals surface area contributed by atoms with E-state index in [9.17, 15) is 53.1 Å². The van der Waals surface area contributed by atoms with Crippen molar-refractivity contribution in [1.82, 2.24) is 0 Å². The van der Waals surface area contributed by atoms with Gasteiger partial charge < -0.3 is 10.2 Å². The molecule has 1 unspecified atom stereocenters. The van der Waals surface area contributed by atoms with Gasteiger partial charge >= 0.3 is 35.8 Å². The van der Waals surface area contributed by atoms with E-state index < -0.39 is 60.4 Å². The van der Waals surface area contributed by atoms with Crippen LogP contribution in [-0.4, -0.2) is 52.2 Å². The number of rotatable bonds is 7. The Morgan fingerprint density at radius 3 is 1.62 bits per heavy atom. The van der Waals surface area contributed by atoms with Gasteiger partial charge in [0.2, 0.25) is 0 Å². The van der Waals surface area contributed by atoms with E-state index >= 15 is 0 Å². The van der Waals surface area contributed by atoms with Crippen LogP contribution in [0.25, 0.3) is 0 Å². The second-order valence-electron chi connectivity index (χ2n) is 5.22. The predicted molar refractivity (Wildman–Crippen MR) is 62.5 cm³/mol. The number of carbonyl (C=O) groups is 1. The summed E-state index contributed by atoms with van der Waals surface area (Å²) in [6.45, 7) is 0.877. The molecule has 1 atom stereocenters. The first-order chi connectivity index (χ1) is 11.2. The average molecular weight is 412 g/mol. The minimum atomic E-state index is -7.58. The van der Waals surface area contributed by atoms with E-state index in [1.54, 1.807) is 0 Å². The van der Waals surface area contributed by atoms with Gasteiger partial charge in [-0.1, -0.05) is 6.08 Å². The van der Waals surface area contributed by atoms with Crippen LogP contribution >= 0.6 is 0 Å². The normalized spacial score (nSPS) is 16.6. The second kappa shape index (κ2) is 7.19. The summed E-state index contributed by atoms with van der Waals surface area (Å²) in [5, 5.41) is 17.5. The van der Waals surface area contributed by atoms with Crippen LogP contribution in [0, 0.1) is 0 Å². The van der Waals surface area contributed by atoms with Crippen LogP contribution < -0.4 is 0 Å². The van der Waals surface area contributed by atoms with Crippen molar-refractivity contribution < 1.29 is 63.3 Å². The lowest BCUT2D eigenvalue weighted by molar-refractivity contribution is -0.428. The first kappa shape index (κ1) is 24.4. The Labute approximate surface area is 138 Å². The molecule has 0 amide bonds. The van der Waals surface area contributed by atoms with E-state index in [1.165, 1.54) is 0 Å². The molecule has 0 aliphatic carbocycles. The maximum Gasteiger partial charge on any atom is 0.438 e. The maximum atomic E-state index is 13.4. The molecule has 3 nitrogen and oxygen atoms in total. The lowest BCUT2D eigenvalue weighted by atomic mass is 9.87. The fraction of sp³-hybridized carbons (Fsp3) is 0.750. The van der Waals surface area contributed by atoms with E-state index in [2.05, 4.69) is 0 Å². The highest BCUT2D eigenvalue weighted by atomic mass is 19.4. The van der Waals surface area contributed by atoms with Gasteiger partial charge in [-0.25, -0.2) is 9.18 Å². The van der Waals surface area contributed by atoms with Crippen LogP contribution in [0.4, 0.5) is 48.3 Å². The average Bonchev–Trinajstić information content (AvgIpc) is 2.40. The standard InChI is InChI=1S/C12H11F11O3/c1-5(7(25)26)2-3-6(24)4-8(13,14)10(16,17)9(15,11(18,19)20)12(21,22)23/h2,6,24H,3-4H2,1H3,(H,25,26)/b5-2+. The van der Waals surface area contributed by atoms with Crippen molar-refractivity contribution in [3.05, 3.63) is 11.6 Å². The zero-order chi connectivity index (χ0) is 21.4. The van der Waals surface area contributed by atoms with Crippen molar-refractivity contribution in [2.75, 3.05) is 0 Å². The van der Waals surface area contributed by atoms with E-state index in [4.69, 9.17) is 10.2 Å². The van der Waals surface area contributed by atoms with Crippen LogP contribution in [0.5, 0.6) is 0 Å². The summed E-state index contributed by atoms with van der Waals surface area (Å²) in [4.78, 5) is 10.4. The maximum absolute atomic E-state index is 13.4. The molecule has 0 spiro atoms. The third-order valence-corrected chi connectivity index (χ3v) is 3.20. The fourth-order valence-electron chi connectivity index (χ4n) is 1.68. The molecular weight excluding hydrogens is 401 g/mol. The molecule has 154 valence electrons. The molecule has 0 aliphatic rings. The molecule has 0 fully saturated rings. The summed E-state index contributed by atoms with van der Waals surface area (Å²) >= 11 is 0. The van der Waals surface area contributed by atoms with Crippen LogP contribution in [0.3, 0.4) is 0 Å². The van der Waals surface area contributed by atoms with Crippen molar-refractivity contribution in [3.8, 4) is 0 Å². The minimum Gasteiger partial charge on any atom is -0.478 e. The summed E-state index contributed by atoms with van der Waals surface area (Å²) < 4.78 is 140. The number of aliphatic carboxylic acids is 1. The highest BCUT2D eigenvalue weighted by molar-refractivity contribution is 5.85. The van der Waals surface area contributed by atoms with Crippen LogP contribution in [0.1, 0.15) is 19.8 Å². The third-order valence-electron chi connectivity index (χ3n) is 3.20. The molecular formula is C12H11F11O3. The van der Waals surface area contributed by atoms with Crippen molar-refractivity contribution in [1.29, 1.82) is 0 Å². The quantitative estimate of drug-likeness (QED) is 0.486. The van der Waals surface area contributed by atoms with Crippen molar-refractivity contribution >= 4 is 5.97 Å². The molecule has 2 N–H and O–H groups in total. The largest absolute Gasteiger partial charge is 0.478 e. The Kier molecular flexibility index (Phi) is 6.75. The van der Waals surface area contributed by atoms with Gasteiger partial charge in [0.05, 0.1) is 6.10 Å². The van der Waals surface area contributed by atoms with Gasteiger partial charge in [0.1, 0.15) is 0 Å². The van der Waals surface area contributed by atoms with Crippen molar-refractivity contribution in [3.63, 3.8) is 0 Å². The predicted octanol–water partition coefficient (Wildman–Crippen LogP) is 4.26.